The molecule has 1 unspecified atom stereocenters. The van der Waals surface area contributed by atoms with E-state index in [0.29, 0.717) is 19.6 Å². The van der Waals surface area contributed by atoms with Gasteiger partial charge in [0, 0.05) is 20.7 Å². The first-order valence-corrected chi connectivity index (χ1v) is 5.61. The van der Waals surface area contributed by atoms with Gasteiger partial charge >= 0.3 is 12.0 Å². The Kier molecular flexibility index (Phi) is 7.29. The second kappa shape index (κ2) is 7.89. The molecule has 0 saturated carbocycles. The van der Waals surface area contributed by atoms with Crippen LogP contribution in [0.1, 0.15) is 20.3 Å². The Morgan fingerprint density at radius 1 is 1.41 bits per heavy atom. The molecule has 0 fully saturated rings. The molecule has 0 aromatic carbocycles. The largest absolute Gasteiger partial charge is 0.480 e. The molecule has 0 radical (unpaired) electrons. The zero-order valence-electron chi connectivity index (χ0n) is 10.9. The lowest BCUT2D eigenvalue weighted by Gasteiger charge is -2.22. The van der Waals surface area contributed by atoms with Gasteiger partial charge in [0.25, 0.3) is 0 Å². The summed E-state index contributed by atoms with van der Waals surface area (Å²) < 4.78 is 4.84. The van der Waals surface area contributed by atoms with Gasteiger partial charge in [-0.2, -0.15) is 0 Å². The third-order valence-corrected chi connectivity index (χ3v) is 2.28. The fourth-order valence-electron chi connectivity index (χ4n) is 1.28. The van der Waals surface area contributed by atoms with Crippen molar-refractivity contribution in [1.82, 2.24) is 10.2 Å². The summed E-state index contributed by atoms with van der Waals surface area (Å²) in [4.78, 5) is 24.0. The first kappa shape index (κ1) is 15.7. The maximum absolute atomic E-state index is 11.6. The number of aliphatic carboxylic acids is 1. The topological polar surface area (TPSA) is 78.9 Å². The van der Waals surface area contributed by atoms with Crippen molar-refractivity contribution < 1.29 is 19.4 Å². The quantitative estimate of drug-likeness (QED) is 0.695. The zero-order chi connectivity index (χ0) is 13.4. The Bertz CT molecular complexity index is 256. The molecule has 0 bridgehead atoms. The van der Waals surface area contributed by atoms with Crippen molar-refractivity contribution in [2.75, 3.05) is 27.3 Å². The van der Waals surface area contributed by atoms with Crippen molar-refractivity contribution in [3.63, 3.8) is 0 Å². The molecule has 0 aliphatic rings. The molecular weight excluding hydrogens is 224 g/mol. The van der Waals surface area contributed by atoms with Gasteiger partial charge in [0.05, 0.1) is 6.61 Å². The molecule has 0 aromatic heterocycles. The first-order valence-electron chi connectivity index (χ1n) is 5.61. The Labute approximate surface area is 102 Å². The number of urea groups is 1. The number of methoxy groups -OCH3 is 1. The van der Waals surface area contributed by atoms with Gasteiger partial charge in [-0.05, 0) is 12.3 Å². The summed E-state index contributed by atoms with van der Waals surface area (Å²) in [6, 6.07) is -1.23. The molecule has 100 valence electrons. The molecule has 0 rings (SSSR count). The van der Waals surface area contributed by atoms with Crippen molar-refractivity contribution in [2.45, 2.75) is 26.3 Å². The van der Waals surface area contributed by atoms with Crippen LogP contribution in [-0.2, 0) is 9.53 Å². The molecule has 6 heteroatoms. The van der Waals surface area contributed by atoms with Gasteiger partial charge in [0.15, 0.2) is 0 Å². The van der Waals surface area contributed by atoms with Gasteiger partial charge in [0.1, 0.15) is 6.04 Å². The average molecular weight is 246 g/mol. The molecule has 0 aliphatic carbocycles. The lowest BCUT2D eigenvalue weighted by Crippen LogP contribution is -2.47. The molecule has 0 aromatic rings. The summed E-state index contributed by atoms with van der Waals surface area (Å²) in [5.74, 6) is -0.798. The van der Waals surface area contributed by atoms with Gasteiger partial charge in [-0.1, -0.05) is 13.8 Å². The van der Waals surface area contributed by atoms with E-state index in [4.69, 9.17) is 9.84 Å². The molecular formula is C11H22N2O4. The molecule has 2 amide bonds. The van der Waals surface area contributed by atoms with Crippen molar-refractivity contribution in [3.05, 3.63) is 0 Å². The normalized spacial score (nSPS) is 12.3. The second-order valence-corrected chi connectivity index (χ2v) is 4.38. The third kappa shape index (κ3) is 6.78. The fourth-order valence-corrected chi connectivity index (χ4v) is 1.28. The number of hydrogen-bond donors (Lipinski definition) is 2. The molecule has 0 aliphatic heterocycles. The van der Waals surface area contributed by atoms with Crippen molar-refractivity contribution in [1.29, 1.82) is 0 Å². The number of likely N-dealkylation sites (N-methyl/N-ethyl adjacent to an activating group) is 1. The molecule has 0 saturated heterocycles. The average Bonchev–Trinajstić information content (AvgIpc) is 2.23. The highest BCUT2D eigenvalue weighted by atomic mass is 16.5. The third-order valence-electron chi connectivity index (χ3n) is 2.28. The Morgan fingerprint density at radius 3 is 2.41 bits per heavy atom. The monoisotopic (exact) mass is 246 g/mol. The number of rotatable bonds is 7. The van der Waals surface area contributed by atoms with E-state index in [9.17, 15) is 9.59 Å². The minimum absolute atomic E-state index is 0.209. The fraction of sp³-hybridized carbons (Fsp3) is 0.818. The van der Waals surface area contributed by atoms with Crippen LogP contribution >= 0.6 is 0 Å². The summed E-state index contributed by atoms with van der Waals surface area (Å²) in [5.41, 5.74) is 0. The SMILES string of the molecule is COCCN(C)C(=O)NC(CC(C)C)C(=O)O. The lowest BCUT2D eigenvalue weighted by molar-refractivity contribution is -0.139. The molecule has 0 spiro atoms. The van der Waals surface area contributed by atoms with E-state index in [1.54, 1.807) is 14.2 Å². The highest BCUT2D eigenvalue weighted by Gasteiger charge is 2.22. The Morgan fingerprint density at radius 2 is 2.00 bits per heavy atom. The highest BCUT2D eigenvalue weighted by Crippen LogP contribution is 2.05. The summed E-state index contributed by atoms with van der Waals surface area (Å²) in [7, 11) is 3.15. The minimum Gasteiger partial charge on any atom is -0.480 e. The second-order valence-electron chi connectivity index (χ2n) is 4.38. The van der Waals surface area contributed by atoms with E-state index in [0.717, 1.165) is 0 Å². The maximum atomic E-state index is 11.6. The summed E-state index contributed by atoms with van der Waals surface area (Å²) in [5, 5.41) is 11.5. The van der Waals surface area contributed by atoms with Crippen LogP contribution in [0, 0.1) is 5.92 Å². The van der Waals surface area contributed by atoms with Crippen LogP contribution in [0.2, 0.25) is 0 Å². The van der Waals surface area contributed by atoms with Gasteiger partial charge in [-0.25, -0.2) is 9.59 Å². The van der Waals surface area contributed by atoms with E-state index in [1.165, 1.54) is 4.90 Å². The number of carbonyl (C=O) groups excluding carboxylic acids is 1. The van der Waals surface area contributed by atoms with Crippen LogP contribution in [0.15, 0.2) is 0 Å². The predicted molar refractivity (Wildman–Crippen MR) is 63.9 cm³/mol. The highest BCUT2D eigenvalue weighted by molar-refractivity contribution is 5.82. The minimum atomic E-state index is -1.01. The molecule has 2 N–H and O–H groups in total. The van der Waals surface area contributed by atoms with Crippen LogP contribution < -0.4 is 5.32 Å². The van der Waals surface area contributed by atoms with E-state index >= 15 is 0 Å². The van der Waals surface area contributed by atoms with Crippen LogP contribution in [-0.4, -0.2) is 55.4 Å². The van der Waals surface area contributed by atoms with E-state index in [2.05, 4.69) is 5.32 Å². The number of carboxylic acid groups (broad SMARTS) is 1. The van der Waals surface area contributed by atoms with Crippen LogP contribution in [0.4, 0.5) is 4.79 Å². The maximum Gasteiger partial charge on any atom is 0.326 e. The Hall–Kier alpha value is -1.30. The predicted octanol–water partition coefficient (Wildman–Crippen LogP) is 0.773. The number of hydrogen-bond acceptors (Lipinski definition) is 3. The summed E-state index contributed by atoms with van der Waals surface area (Å²) >= 11 is 0. The number of carboxylic acids is 1. The summed E-state index contributed by atoms with van der Waals surface area (Å²) in [6.45, 7) is 4.68. The first-order chi connectivity index (χ1) is 7.88. The smallest absolute Gasteiger partial charge is 0.326 e. The molecule has 17 heavy (non-hydrogen) atoms. The van der Waals surface area contributed by atoms with Gasteiger partial charge in [-0.15, -0.1) is 0 Å². The zero-order valence-corrected chi connectivity index (χ0v) is 10.9. The van der Waals surface area contributed by atoms with E-state index in [1.807, 2.05) is 13.8 Å². The van der Waals surface area contributed by atoms with Crippen molar-refractivity contribution in [2.24, 2.45) is 5.92 Å². The van der Waals surface area contributed by atoms with Gasteiger partial charge < -0.3 is 20.1 Å². The van der Waals surface area contributed by atoms with Gasteiger partial charge in [0.2, 0.25) is 0 Å². The number of nitrogens with zero attached hydrogens (tertiary/aromatic N) is 1. The van der Waals surface area contributed by atoms with Crippen molar-refractivity contribution >= 4 is 12.0 Å². The number of amides is 2. The van der Waals surface area contributed by atoms with Crippen LogP contribution in [0.25, 0.3) is 0 Å². The molecule has 1 atom stereocenters. The molecule has 0 heterocycles. The lowest BCUT2D eigenvalue weighted by atomic mass is 10.0. The van der Waals surface area contributed by atoms with Crippen LogP contribution in [0.3, 0.4) is 0 Å². The Balaban J connectivity index is 4.25. The number of carbonyl (C=O) groups is 2. The summed E-state index contributed by atoms with van der Waals surface area (Å²) in [6.07, 6.45) is 0.416. The van der Waals surface area contributed by atoms with Gasteiger partial charge in [-0.3, -0.25) is 0 Å². The van der Waals surface area contributed by atoms with E-state index in [-0.39, 0.29) is 5.92 Å². The van der Waals surface area contributed by atoms with E-state index < -0.39 is 18.0 Å². The molecule has 6 nitrogen and oxygen atoms in total. The number of nitrogens with one attached hydrogen (secondary N) is 1. The van der Waals surface area contributed by atoms with Crippen molar-refractivity contribution in [3.8, 4) is 0 Å². The van der Waals surface area contributed by atoms with Crippen LogP contribution in [0.5, 0.6) is 0 Å². The standard InChI is InChI=1S/C11H22N2O4/c1-8(2)7-9(10(14)15)12-11(16)13(3)5-6-17-4/h8-9H,5-7H2,1-4H3,(H,12,16)(H,14,15). The number of ether oxygens (including phenoxy) is 1.